The Morgan fingerprint density at radius 2 is 2.11 bits per heavy atom. The highest BCUT2D eigenvalue weighted by atomic mass is 32.1. The highest BCUT2D eigenvalue weighted by molar-refractivity contribution is 7.09. The maximum atomic E-state index is 13.5. The predicted molar refractivity (Wildman–Crippen MR) is 138 cm³/mol. The van der Waals surface area contributed by atoms with Crippen LogP contribution >= 0.6 is 11.3 Å². The normalized spacial score (nSPS) is 16.3. The van der Waals surface area contributed by atoms with Crippen LogP contribution in [0.2, 0.25) is 0 Å². The number of nitrogens with zero attached hydrogens (tertiary/aromatic N) is 2. The Balaban J connectivity index is 1.33. The van der Waals surface area contributed by atoms with Crippen molar-refractivity contribution in [3.8, 4) is 17.2 Å². The van der Waals surface area contributed by atoms with E-state index in [1.165, 1.54) is 4.88 Å². The van der Waals surface area contributed by atoms with Crippen molar-refractivity contribution < 1.29 is 19.0 Å². The number of benzene rings is 2. The maximum absolute atomic E-state index is 13.5. The molecule has 35 heavy (non-hydrogen) atoms. The largest absolute Gasteiger partial charge is 0.497 e. The third-order valence-corrected chi connectivity index (χ3v) is 7.69. The Morgan fingerprint density at radius 3 is 2.91 bits per heavy atom. The van der Waals surface area contributed by atoms with Crippen molar-refractivity contribution in [3.63, 3.8) is 0 Å². The number of thiophene rings is 1. The second-order valence-electron chi connectivity index (χ2n) is 9.05. The van der Waals surface area contributed by atoms with Gasteiger partial charge in [-0.1, -0.05) is 6.07 Å². The molecule has 178 valence electrons. The minimum atomic E-state index is -0.0871. The van der Waals surface area contributed by atoms with Gasteiger partial charge in [-0.25, -0.2) is 0 Å². The van der Waals surface area contributed by atoms with Gasteiger partial charge in [-0.3, -0.25) is 9.69 Å². The van der Waals surface area contributed by atoms with Gasteiger partial charge in [0.15, 0.2) is 5.76 Å². The SMILES string of the molecule is COc1ccc2c(c1)c(/C=C1\Oc3c4c(cc(C)c3C1=O)OCN(CCc1cccs1)C4)cn2C. The number of carbonyl (C=O) groups is 1. The molecule has 0 fully saturated rings. The van der Waals surface area contributed by atoms with Crippen LogP contribution in [-0.2, 0) is 20.0 Å². The minimum Gasteiger partial charge on any atom is -0.497 e. The number of Topliss-reactive ketones (excluding diaryl/α,β-unsaturated/α-hetero) is 1. The van der Waals surface area contributed by atoms with E-state index < -0.39 is 0 Å². The molecule has 0 amide bonds. The number of methoxy groups -OCH3 is 1. The van der Waals surface area contributed by atoms with E-state index in [-0.39, 0.29) is 5.78 Å². The summed E-state index contributed by atoms with van der Waals surface area (Å²) in [5, 5.41) is 3.11. The molecule has 2 aliphatic heterocycles. The first kappa shape index (κ1) is 21.9. The van der Waals surface area contributed by atoms with Crippen LogP contribution in [-0.4, -0.2) is 35.6 Å². The number of aryl methyl sites for hydroxylation is 2. The predicted octanol–water partition coefficient (Wildman–Crippen LogP) is 5.57. The van der Waals surface area contributed by atoms with Crippen LogP contribution in [0.1, 0.15) is 31.9 Å². The number of allylic oxidation sites excluding steroid dienone is 1. The lowest BCUT2D eigenvalue weighted by atomic mass is 9.98. The number of hydrogen-bond acceptors (Lipinski definition) is 6. The lowest BCUT2D eigenvalue weighted by molar-refractivity contribution is 0.0951. The van der Waals surface area contributed by atoms with Crippen LogP contribution < -0.4 is 14.2 Å². The van der Waals surface area contributed by atoms with Crippen molar-refractivity contribution in [3.05, 3.63) is 80.9 Å². The van der Waals surface area contributed by atoms with Crippen molar-refractivity contribution in [1.29, 1.82) is 0 Å². The maximum Gasteiger partial charge on any atom is 0.232 e. The number of ether oxygens (including phenoxy) is 3. The number of aromatic nitrogens is 1. The second-order valence-corrected chi connectivity index (χ2v) is 10.1. The van der Waals surface area contributed by atoms with Crippen molar-refractivity contribution in [2.75, 3.05) is 20.4 Å². The van der Waals surface area contributed by atoms with Gasteiger partial charge in [0.25, 0.3) is 0 Å². The molecule has 0 spiro atoms. The Kier molecular flexibility index (Phi) is 5.39. The quantitative estimate of drug-likeness (QED) is 0.345. The second kappa shape index (κ2) is 8.59. The number of carbonyl (C=O) groups excluding carboxylic acids is 1. The first-order chi connectivity index (χ1) is 17.0. The molecule has 4 heterocycles. The highest BCUT2D eigenvalue weighted by Crippen LogP contribution is 2.44. The Bertz CT molecular complexity index is 1480. The minimum absolute atomic E-state index is 0.0871. The molecule has 0 unspecified atom stereocenters. The van der Waals surface area contributed by atoms with E-state index in [9.17, 15) is 4.79 Å². The molecule has 2 aliphatic rings. The van der Waals surface area contributed by atoms with Gasteiger partial charge in [-0.2, -0.15) is 0 Å². The van der Waals surface area contributed by atoms with Gasteiger partial charge in [0, 0.05) is 47.7 Å². The Morgan fingerprint density at radius 1 is 1.23 bits per heavy atom. The number of fused-ring (bicyclic) bond motifs is 4. The van der Waals surface area contributed by atoms with Crippen LogP contribution in [0.15, 0.2) is 53.7 Å². The van der Waals surface area contributed by atoms with E-state index in [1.54, 1.807) is 18.4 Å². The molecule has 0 radical (unpaired) electrons. The summed E-state index contributed by atoms with van der Waals surface area (Å²) >= 11 is 1.77. The molecule has 0 N–H and O–H groups in total. The van der Waals surface area contributed by atoms with E-state index in [0.717, 1.165) is 52.1 Å². The van der Waals surface area contributed by atoms with Crippen molar-refractivity contribution in [2.45, 2.75) is 19.9 Å². The number of ketones is 1. The van der Waals surface area contributed by atoms with Gasteiger partial charge in [0.2, 0.25) is 5.78 Å². The number of rotatable bonds is 5. The Hall–Kier alpha value is -3.55. The fourth-order valence-corrected chi connectivity index (χ4v) is 5.63. The monoisotopic (exact) mass is 486 g/mol. The topological polar surface area (TPSA) is 52.9 Å². The first-order valence-corrected chi connectivity index (χ1v) is 12.5. The molecule has 4 aromatic rings. The average molecular weight is 487 g/mol. The molecule has 0 bridgehead atoms. The highest BCUT2D eigenvalue weighted by Gasteiger charge is 2.35. The van der Waals surface area contributed by atoms with Crippen LogP contribution in [0.5, 0.6) is 17.2 Å². The van der Waals surface area contributed by atoms with Gasteiger partial charge >= 0.3 is 0 Å². The molecule has 0 aliphatic carbocycles. The Labute approximate surface area is 207 Å². The molecule has 0 saturated carbocycles. The van der Waals surface area contributed by atoms with Gasteiger partial charge in [-0.05, 0) is 60.7 Å². The lowest BCUT2D eigenvalue weighted by Crippen LogP contribution is -2.33. The van der Waals surface area contributed by atoms with E-state index in [4.69, 9.17) is 14.2 Å². The van der Waals surface area contributed by atoms with Crippen LogP contribution in [0.25, 0.3) is 17.0 Å². The lowest BCUT2D eigenvalue weighted by Gasteiger charge is -2.30. The van der Waals surface area contributed by atoms with Gasteiger partial charge in [-0.15, -0.1) is 11.3 Å². The third kappa shape index (κ3) is 3.81. The molecule has 6 rings (SSSR count). The zero-order valence-corrected chi connectivity index (χ0v) is 20.8. The molecule has 2 aromatic heterocycles. The van der Waals surface area contributed by atoms with Crippen LogP contribution in [0.3, 0.4) is 0 Å². The van der Waals surface area contributed by atoms with Gasteiger partial charge in [0.1, 0.15) is 24.0 Å². The summed E-state index contributed by atoms with van der Waals surface area (Å²) in [6.07, 6.45) is 4.82. The fraction of sp³-hybridized carbons (Fsp3) is 0.250. The van der Waals surface area contributed by atoms with Crippen molar-refractivity contribution >= 4 is 34.1 Å². The molecular weight excluding hydrogens is 460 g/mol. The standard InChI is InChI=1S/C28H26N2O4S/c1-17-11-24-22(15-30(16-33-24)9-8-20-5-4-10-35-20)28-26(17)27(31)25(34-28)12-18-14-29(2)23-7-6-19(32-3)13-21(18)23/h4-7,10-14H,8-9,15-16H2,1-3H3/b25-12-. The van der Waals surface area contributed by atoms with E-state index >= 15 is 0 Å². The average Bonchev–Trinajstić information content (AvgIpc) is 3.57. The molecular formula is C28H26N2O4S. The van der Waals surface area contributed by atoms with Crippen LogP contribution in [0, 0.1) is 6.92 Å². The summed E-state index contributed by atoms with van der Waals surface area (Å²) in [4.78, 5) is 17.1. The summed E-state index contributed by atoms with van der Waals surface area (Å²) in [7, 11) is 3.64. The van der Waals surface area contributed by atoms with Crippen molar-refractivity contribution in [2.24, 2.45) is 7.05 Å². The molecule has 6 nitrogen and oxygen atoms in total. The van der Waals surface area contributed by atoms with E-state index in [2.05, 4.69) is 22.4 Å². The van der Waals surface area contributed by atoms with Crippen molar-refractivity contribution in [1.82, 2.24) is 9.47 Å². The van der Waals surface area contributed by atoms with Gasteiger partial charge < -0.3 is 18.8 Å². The smallest absolute Gasteiger partial charge is 0.232 e. The molecule has 0 saturated heterocycles. The van der Waals surface area contributed by atoms with E-state index in [0.29, 0.717) is 30.3 Å². The van der Waals surface area contributed by atoms with Crippen LogP contribution in [0.4, 0.5) is 0 Å². The molecule has 2 aromatic carbocycles. The van der Waals surface area contributed by atoms with E-state index in [1.807, 2.05) is 55.1 Å². The molecule has 7 heteroatoms. The number of hydrogen-bond donors (Lipinski definition) is 0. The first-order valence-electron chi connectivity index (χ1n) is 11.6. The summed E-state index contributed by atoms with van der Waals surface area (Å²) in [6.45, 7) is 4.05. The zero-order chi connectivity index (χ0) is 24.1. The summed E-state index contributed by atoms with van der Waals surface area (Å²) in [6, 6.07) is 12.2. The summed E-state index contributed by atoms with van der Waals surface area (Å²) in [5.74, 6) is 2.46. The zero-order valence-electron chi connectivity index (χ0n) is 20.0. The molecule has 0 atom stereocenters. The van der Waals surface area contributed by atoms with Gasteiger partial charge in [0.05, 0.1) is 18.2 Å². The third-order valence-electron chi connectivity index (χ3n) is 6.76. The summed E-state index contributed by atoms with van der Waals surface area (Å²) < 4.78 is 19.8. The summed E-state index contributed by atoms with van der Waals surface area (Å²) in [5.41, 5.74) is 4.43. The fourth-order valence-electron chi connectivity index (χ4n) is 4.93.